The Balaban J connectivity index is 2.49. The molecule has 0 amide bonds. The van der Waals surface area contributed by atoms with Crippen LogP contribution in [0.4, 0.5) is 0 Å². The Kier molecular flexibility index (Phi) is 3.30. The van der Waals surface area contributed by atoms with Crippen LogP contribution >= 0.6 is 15.9 Å². The van der Waals surface area contributed by atoms with Gasteiger partial charge in [-0.1, -0.05) is 15.9 Å². The maximum absolute atomic E-state index is 12.3. The molecule has 0 aliphatic heterocycles. The normalized spacial score (nSPS) is 11.3. The van der Waals surface area contributed by atoms with Crippen molar-refractivity contribution >= 4 is 37.9 Å². The summed E-state index contributed by atoms with van der Waals surface area (Å²) in [5.41, 5.74) is 1.86. The smallest absolute Gasteiger partial charge is 0.206 e. The molecule has 0 aliphatic carbocycles. The van der Waals surface area contributed by atoms with Gasteiger partial charge in [0.1, 0.15) is 5.76 Å². The molecule has 0 unspecified atom stereocenters. The van der Waals surface area contributed by atoms with Crippen LogP contribution in [-0.4, -0.2) is 11.9 Å². The van der Waals surface area contributed by atoms with Gasteiger partial charge in [-0.15, -0.1) is 0 Å². The average Bonchev–Trinajstić information content (AvgIpc) is 2.87. The number of alkyl halides is 1. The summed E-state index contributed by atoms with van der Waals surface area (Å²) < 4.78 is 17.0. The van der Waals surface area contributed by atoms with Crippen molar-refractivity contribution in [1.82, 2.24) is 0 Å². The minimum atomic E-state index is -0.0620. The first-order chi connectivity index (χ1) is 9.63. The zero-order valence-corrected chi connectivity index (χ0v) is 12.7. The quantitative estimate of drug-likeness (QED) is 0.680. The van der Waals surface area contributed by atoms with Gasteiger partial charge in [-0.25, -0.2) is 0 Å². The molecule has 0 N–H and O–H groups in total. The van der Waals surface area contributed by atoms with Crippen LogP contribution < -0.4 is 10.2 Å². The molecular weight excluding hydrogens is 324 g/mol. The summed E-state index contributed by atoms with van der Waals surface area (Å²) in [7, 11) is 0. The molecule has 0 fully saturated rings. The van der Waals surface area contributed by atoms with Gasteiger partial charge in [-0.2, -0.15) is 0 Å². The first kappa shape index (κ1) is 13.2. The van der Waals surface area contributed by atoms with Crippen LogP contribution in [0.5, 0.6) is 5.75 Å². The lowest BCUT2D eigenvalue weighted by atomic mass is 10.0. The van der Waals surface area contributed by atoms with E-state index in [-0.39, 0.29) is 5.43 Å². The summed E-state index contributed by atoms with van der Waals surface area (Å²) >= 11 is 3.32. The van der Waals surface area contributed by atoms with Gasteiger partial charge in [0.25, 0.3) is 0 Å². The molecule has 4 nitrogen and oxygen atoms in total. The van der Waals surface area contributed by atoms with E-state index in [0.29, 0.717) is 40.0 Å². The Labute approximate surface area is 123 Å². The van der Waals surface area contributed by atoms with E-state index < -0.39 is 0 Å². The molecule has 0 saturated carbocycles. The van der Waals surface area contributed by atoms with Crippen LogP contribution in [0.1, 0.15) is 11.3 Å². The monoisotopic (exact) mass is 336 g/mol. The van der Waals surface area contributed by atoms with E-state index in [1.54, 1.807) is 13.2 Å². The number of furan rings is 1. The Morgan fingerprint density at radius 1 is 1.30 bits per heavy atom. The molecule has 3 aromatic rings. The van der Waals surface area contributed by atoms with Crippen molar-refractivity contribution in [3.05, 3.63) is 39.9 Å². The van der Waals surface area contributed by atoms with Crippen LogP contribution in [0.15, 0.2) is 32.0 Å². The molecular formula is C15H13BrO4. The topological polar surface area (TPSA) is 52.6 Å². The van der Waals surface area contributed by atoms with Gasteiger partial charge in [0.15, 0.2) is 16.6 Å². The first-order valence-corrected chi connectivity index (χ1v) is 7.38. The van der Waals surface area contributed by atoms with E-state index in [1.165, 1.54) is 6.07 Å². The molecule has 0 atom stereocenters. The number of hydrogen-bond donors (Lipinski definition) is 0. The average molecular weight is 337 g/mol. The largest absolute Gasteiger partial charge is 0.485 e. The van der Waals surface area contributed by atoms with Crippen LogP contribution in [0.25, 0.3) is 21.9 Å². The Bertz CT molecular complexity index is 844. The van der Waals surface area contributed by atoms with Crippen molar-refractivity contribution in [2.45, 2.75) is 13.8 Å². The molecule has 5 heteroatoms. The number of fused-ring (bicyclic) bond motifs is 2. The van der Waals surface area contributed by atoms with Gasteiger partial charge in [0, 0.05) is 16.8 Å². The maximum Gasteiger partial charge on any atom is 0.206 e. The fourth-order valence-electron chi connectivity index (χ4n) is 2.42. The third kappa shape index (κ3) is 1.93. The van der Waals surface area contributed by atoms with Gasteiger partial charge >= 0.3 is 0 Å². The van der Waals surface area contributed by atoms with E-state index in [0.717, 1.165) is 10.9 Å². The maximum atomic E-state index is 12.3. The van der Waals surface area contributed by atoms with Gasteiger partial charge in [-0.05, 0) is 25.5 Å². The molecule has 104 valence electrons. The number of aryl methyl sites for hydroxylation is 2. The molecule has 0 radical (unpaired) electrons. The zero-order chi connectivity index (χ0) is 14.3. The third-order valence-electron chi connectivity index (χ3n) is 3.25. The minimum absolute atomic E-state index is 0.0620. The van der Waals surface area contributed by atoms with E-state index >= 15 is 0 Å². The highest BCUT2D eigenvalue weighted by molar-refractivity contribution is 9.09. The molecule has 1 aromatic carbocycles. The van der Waals surface area contributed by atoms with Crippen molar-refractivity contribution in [2.24, 2.45) is 0 Å². The zero-order valence-electron chi connectivity index (χ0n) is 11.2. The van der Waals surface area contributed by atoms with Crippen LogP contribution in [0, 0.1) is 13.8 Å². The molecule has 3 rings (SSSR count). The Morgan fingerprint density at radius 2 is 2.10 bits per heavy atom. The molecule has 2 aromatic heterocycles. The van der Waals surface area contributed by atoms with E-state index in [1.807, 2.05) is 13.0 Å². The minimum Gasteiger partial charge on any atom is -0.485 e. The van der Waals surface area contributed by atoms with E-state index in [4.69, 9.17) is 13.6 Å². The number of rotatable bonds is 3. The lowest BCUT2D eigenvalue weighted by Gasteiger charge is -2.10. The second-order valence-corrected chi connectivity index (χ2v) is 5.37. The highest BCUT2D eigenvalue weighted by atomic mass is 79.9. The van der Waals surface area contributed by atoms with Crippen molar-refractivity contribution in [3.8, 4) is 5.75 Å². The lowest BCUT2D eigenvalue weighted by molar-refractivity contribution is 0.340. The van der Waals surface area contributed by atoms with Crippen molar-refractivity contribution < 1.29 is 13.6 Å². The summed E-state index contributed by atoms with van der Waals surface area (Å²) in [6.07, 6.45) is 1.59. The molecule has 0 aliphatic rings. The number of ether oxygens (including phenoxy) is 1. The van der Waals surface area contributed by atoms with Crippen molar-refractivity contribution in [1.29, 1.82) is 0 Å². The summed E-state index contributed by atoms with van der Waals surface area (Å²) in [6.45, 7) is 4.10. The second kappa shape index (κ2) is 4.98. The fourth-order valence-corrected chi connectivity index (χ4v) is 2.58. The highest BCUT2D eigenvalue weighted by Crippen LogP contribution is 2.37. The van der Waals surface area contributed by atoms with Crippen LogP contribution in [-0.2, 0) is 0 Å². The van der Waals surface area contributed by atoms with Gasteiger partial charge in [0.2, 0.25) is 5.75 Å². The van der Waals surface area contributed by atoms with Crippen molar-refractivity contribution in [2.75, 3.05) is 11.9 Å². The Hall–Kier alpha value is -1.75. The first-order valence-electron chi connectivity index (χ1n) is 6.26. The summed E-state index contributed by atoms with van der Waals surface area (Å²) in [6, 6.07) is 3.33. The predicted octanol–water partition coefficient (Wildman–Crippen LogP) is 3.93. The Morgan fingerprint density at radius 3 is 2.85 bits per heavy atom. The molecule has 2 heterocycles. The third-order valence-corrected chi connectivity index (χ3v) is 3.57. The van der Waals surface area contributed by atoms with Gasteiger partial charge in [0.05, 0.1) is 18.3 Å². The van der Waals surface area contributed by atoms with Crippen molar-refractivity contribution in [3.63, 3.8) is 0 Å². The van der Waals surface area contributed by atoms with Gasteiger partial charge < -0.3 is 13.6 Å². The van der Waals surface area contributed by atoms with Crippen LogP contribution in [0.3, 0.4) is 0 Å². The molecule has 0 bridgehead atoms. The van der Waals surface area contributed by atoms with Crippen LogP contribution in [0.2, 0.25) is 0 Å². The summed E-state index contributed by atoms with van der Waals surface area (Å²) in [5.74, 6) is 1.04. The molecule has 0 saturated heterocycles. The van der Waals surface area contributed by atoms with E-state index in [9.17, 15) is 4.79 Å². The number of hydrogen-bond acceptors (Lipinski definition) is 4. The van der Waals surface area contributed by atoms with Gasteiger partial charge in [-0.3, -0.25) is 4.79 Å². The predicted molar refractivity (Wildman–Crippen MR) is 81.0 cm³/mol. The fraction of sp³-hybridized carbons (Fsp3) is 0.267. The summed E-state index contributed by atoms with van der Waals surface area (Å²) in [5, 5.41) is 2.10. The molecule has 20 heavy (non-hydrogen) atoms. The standard InChI is InChI=1S/C15H13BrO4/c1-8-7-11(17)12-9(2)10-3-5-18-13(10)15(14(12)20-8)19-6-4-16/h3,5,7H,4,6H2,1-2H3. The molecule has 0 spiro atoms. The van der Waals surface area contributed by atoms with E-state index in [2.05, 4.69) is 15.9 Å². The highest BCUT2D eigenvalue weighted by Gasteiger charge is 2.19. The number of halogens is 1. The lowest BCUT2D eigenvalue weighted by Crippen LogP contribution is -2.06. The number of benzene rings is 1. The SMILES string of the molecule is Cc1cc(=O)c2c(C)c3ccoc3c(OCCBr)c2o1. The second-order valence-electron chi connectivity index (χ2n) is 4.58. The summed E-state index contributed by atoms with van der Waals surface area (Å²) in [4.78, 5) is 12.3.